The summed E-state index contributed by atoms with van der Waals surface area (Å²) in [5, 5.41) is 9.70. The molecule has 1 saturated heterocycles. The summed E-state index contributed by atoms with van der Waals surface area (Å²) >= 11 is 0. The zero-order valence-corrected chi connectivity index (χ0v) is 27.3. The maximum absolute atomic E-state index is 13.2. The molecule has 1 rings (SSSR count). The van der Waals surface area contributed by atoms with Gasteiger partial charge in [-0.15, -0.1) is 0 Å². The number of carbonyl (C=O) groups excluding carboxylic acids is 4. The summed E-state index contributed by atoms with van der Waals surface area (Å²) in [5.74, 6) is -4.05. The Morgan fingerprint density at radius 1 is 0.643 bits per heavy atom. The van der Waals surface area contributed by atoms with Crippen molar-refractivity contribution in [3.05, 3.63) is 0 Å². The number of hydrogen-bond acceptors (Lipinski definition) is 11. The molecule has 0 aliphatic carbocycles. The Balaban J connectivity index is 3.82. The van der Waals surface area contributed by atoms with Crippen molar-refractivity contribution in [2.45, 2.75) is 133 Å². The maximum Gasteiger partial charge on any atom is 0.332 e. The molecule has 0 spiro atoms. The van der Waals surface area contributed by atoms with E-state index in [4.69, 9.17) is 28.4 Å². The Morgan fingerprint density at radius 3 is 1.38 bits per heavy atom. The maximum atomic E-state index is 13.2. The van der Waals surface area contributed by atoms with Crippen molar-refractivity contribution in [1.29, 1.82) is 0 Å². The van der Waals surface area contributed by atoms with E-state index in [0.29, 0.717) is 0 Å². The summed E-state index contributed by atoms with van der Waals surface area (Å²) in [5.41, 5.74) is -3.96. The van der Waals surface area contributed by atoms with E-state index < -0.39 is 94.9 Å². The number of hydrogen-bond donors (Lipinski definition) is 1. The Hall–Kier alpha value is -2.73. The third kappa shape index (κ3) is 10.5. The quantitative estimate of drug-likeness (QED) is 0.298. The molecule has 12 heteroatoms. The highest BCUT2D eigenvalue weighted by atomic mass is 16.7. The largest absolute Gasteiger partial charge is 0.479 e. The lowest BCUT2D eigenvalue weighted by atomic mass is 9.93. The Bertz CT molecular complexity index is 990. The predicted octanol–water partition coefficient (Wildman–Crippen LogP) is 4.05. The molecule has 1 aliphatic heterocycles. The molecule has 0 aromatic carbocycles. The number of carboxylic acids is 1. The molecule has 1 fully saturated rings. The highest BCUT2D eigenvalue weighted by Crippen LogP contribution is 2.35. The van der Waals surface area contributed by atoms with E-state index in [-0.39, 0.29) is 6.42 Å². The van der Waals surface area contributed by atoms with Gasteiger partial charge in [-0.2, -0.15) is 0 Å². The molecule has 0 aromatic heterocycles. The van der Waals surface area contributed by atoms with Gasteiger partial charge in [-0.3, -0.25) is 19.2 Å². The molecule has 0 radical (unpaired) electrons. The topological polar surface area (TPSA) is 161 Å². The van der Waals surface area contributed by atoms with Crippen LogP contribution in [-0.4, -0.2) is 78.4 Å². The summed E-state index contributed by atoms with van der Waals surface area (Å²) < 4.78 is 34.8. The lowest BCUT2D eigenvalue weighted by molar-refractivity contribution is -0.319. The molecule has 0 saturated carbocycles. The molecule has 12 nitrogen and oxygen atoms in total. The smallest absolute Gasteiger partial charge is 0.332 e. The summed E-state index contributed by atoms with van der Waals surface area (Å²) in [6.45, 7) is 20.5. The summed E-state index contributed by atoms with van der Waals surface area (Å²) in [6.07, 6.45) is -8.76. The zero-order chi connectivity index (χ0) is 33.0. The summed E-state index contributed by atoms with van der Waals surface area (Å²) in [7, 11) is 0. The lowest BCUT2D eigenvalue weighted by Gasteiger charge is -2.46. The monoisotopic (exact) mass is 602 g/mol. The SMILES string of the molecule is CCC(O[C@@H]1O[C@H](COC(=O)C(C)(C)C)[C@@H](OC(=O)C(C)(C)C)[C@H](OC(=O)C(C)(C)C)[C@H]1OC(=O)C(C)(C)C)C(=O)O. The first-order chi connectivity index (χ1) is 18.8. The predicted molar refractivity (Wildman–Crippen MR) is 150 cm³/mol. The minimum atomic E-state index is -1.60. The molecule has 1 heterocycles. The molecular formula is C30H50O12. The second-order valence-electron chi connectivity index (χ2n) is 14.6. The summed E-state index contributed by atoms with van der Waals surface area (Å²) in [6, 6.07) is 0. The molecule has 1 aliphatic rings. The first-order valence-electron chi connectivity index (χ1n) is 14.1. The van der Waals surface area contributed by atoms with Crippen LogP contribution in [0.25, 0.3) is 0 Å². The van der Waals surface area contributed by atoms with Crippen molar-refractivity contribution in [3.8, 4) is 0 Å². The highest BCUT2D eigenvalue weighted by molar-refractivity contribution is 5.78. The van der Waals surface area contributed by atoms with Crippen LogP contribution in [0.4, 0.5) is 0 Å². The van der Waals surface area contributed by atoms with Gasteiger partial charge in [0.15, 0.2) is 30.7 Å². The first kappa shape index (κ1) is 37.3. The van der Waals surface area contributed by atoms with Gasteiger partial charge in [-0.05, 0) is 89.5 Å². The van der Waals surface area contributed by atoms with Gasteiger partial charge in [0.1, 0.15) is 12.7 Å². The van der Waals surface area contributed by atoms with Crippen LogP contribution in [-0.2, 0) is 52.4 Å². The van der Waals surface area contributed by atoms with Crippen molar-refractivity contribution >= 4 is 29.8 Å². The average Bonchev–Trinajstić information content (AvgIpc) is 2.81. The molecule has 242 valence electrons. The molecule has 1 N–H and O–H groups in total. The van der Waals surface area contributed by atoms with E-state index in [0.717, 1.165) is 0 Å². The molecule has 42 heavy (non-hydrogen) atoms. The van der Waals surface area contributed by atoms with Crippen molar-refractivity contribution < 1.29 is 57.5 Å². The molecule has 1 unspecified atom stereocenters. The fourth-order valence-corrected chi connectivity index (χ4v) is 3.29. The van der Waals surface area contributed by atoms with Gasteiger partial charge in [0.05, 0.1) is 21.7 Å². The van der Waals surface area contributed by atoms with Crippen LogP contribution in [0.2, 0.25) is 0 Å². The van der Waals surface area contributed by atoms with Crippen LogP contribution in [0.3, 0.4) is 0 Å². The van der Waals surface area contributed by atoms with E-state index in [1.54, 1.807) is 90.0 Å². The Kier molecular flexibility index (Phi) is 12.2. The minimum absolute atomic E-state index is 0.0215. The van der Waals surface area contributed by atoms with Crippen LogP contribution in [0.1, 0.15) is 96.4 Å². The number of rotatable bonds is 9. The normalized spacial score (nSPS) is 24.3. The third-order valence-corrected chi connectivity index (χ3v) is 6.09. The second kappa shape index (κ2) is 13.7. The number of carboxylic acid groups (broad SMARTS) is 1. The molecule has 0 bridgehead atoms. The van der Waals surface area contributed by atoms with Crippen molar-refractivity contribution in [3.63, 3.8) is 0 Å². The Morgan fingerprint density at radius 2 is 1.02 bits per heavy atom. The van der Waals surface area contributed by atoms with Crippen LogP contribution in [0, 0.1) is 21.7 Å². The van der Waals surface area contributed by atoms with Crippen LogP contribution in [0.15, 0.2) is 0 Å². The lowest BCUT2D eigenvalue weighted by Crippen LogP contribution is -2.64. The van der Waals surface area contributed by atoms with Crippen molar-refractivity contribution in [2.24, 2.45) is 21.7 Å². The zero-order valence-electron chi connectivity index (χ0n) is 27.3. The van der Waals surface area contributed by atoms with E-state index in [2.05, 4.69) is 0 Å². The average molecular weight is 603 g/mol. The van der Waals surface area contributed by atoms with E-state index >= 15 is 0 Å². The highest BCUT2D eigenvalue weighted by Gasteiger charge is 2.55. The fourth-order valence-electron chi connectivity index (χ4n) is 3.29. The number of ether oxygens (including phenoxy) is 6. The van der Waals surface area contributed by atoms with Crippen LogP contribution >= 0.6 is 0 Å². The first-order valence-corrected chi connectivity index (χ1v) is 14.1. The van der Waals surface area contributed by atoms with E-state index in [1.807, 2.05) is 0 Å². The number of carbonyl (C=O) groups is 5. The molecular weight excluding hydrogens is 552 g/mol. The van der Waals surface area contributed by atoms with Gasteiger partial charge in [-0.25, -0.2) is 4.79 Å². The van der Waals surface area contributed by atoms with Crippen molar-refractivity contribution in [1.82, 2.24) is 0 Å². The second-order valence-corrected chi connectivity index (χ2v) is 14.6. The fraction of sp³-hybridized carbons (Fsp3) is 0.833. The molecule has 0 aromatic rings. The van der Waals surface area contributed by atoms with Crippen LogP contribution < -0.4 is 0 Å². The number of aliphatic carboxylic acids is 1. The number of esters is 4. The van der Waals surface area contributed by atoms with Gasteiger partial charge in [0, 0.05) is 0 Å². The van der Waals surface area contributed by atoms with E-state index in [9.17, 15) is 29.1 Å². The van der Waals surface area contributed by atoms with Crippen LogP contribution in [0.5, 0.6) is 0 Å². The standard InChI is InChI=1S/C30H50O12/c1-14-16(21(31)32)38-22-20(42-26(36)30(11,12)13)19(41-25(35)29(8,9)10)18(40-24(34)28(5,6)7)17(39-22)15-37-23(33)27(2,3)4/h16-20,22H,14-15H2,1-13H3,(H,31,32)/t16?,17-,18-,19+,20-,22-/m1/s1. The van der Waals surface area contributed by atoms with Gasteiger partial charge in [0.25, 0.3) is 0 Å². The molecule has 0 amide bonds. The Labute approximate surface area is 249 Å². The van der Waals surface area contributed by atoms with Gasteiger partial charge < -0.3 is 33.5 Å². The van der Waals surface area contributed by atoms with Gasteiger partial charge in [-0.1, -0.05) is 6.92 Å². The molecule has 6 atom stereocenters. The third-order valence-electron chi connectivity index (χ3n) is 6.09. The van der Waals surface area contributed by atoms with E-state index in [1.165, 1.54) is 0 Å². The van der Waals surface area contributed by atoms with Gasteiger partial charge >= 0.3 is 29.8 Å². The minimum Gasteiger partial charge on any atom is -0.479 e. The van der Waals surface area contributed by atoms with Gasteiger partial charge in [0.2, 0.25) is 0 Å². The van der Waals surface area contributed by atoms with Crippen molar-refractivity contribution in [2.75, 3.05) is 6.61 Å². The summed E-state index contributed by atoms with van der Waals surface area (Å²) in [4.78, 5) is 64.0.